The van der Waals surface area contributed by atoms with Crippen LogP contribution in [0.25, 0.3) is 0 Å². The zero-order valence-corrected chi connectivity index (χ0v) is 20.5. The number of hydrogen-bond donors (Lipinski definition) is 4. The van der Waals surface area contributed by atoms with Crippen LogP contribution in [-0.4, -0.2) is 27.2 Å². The summed E-state index contributed by atoms with van der Waals surface area (Å²) in [4.78, 5) is 8.00. The third kappa shape index (κ3) is 13.5. The molecule has 0 unspecified atom stereocenters. The Kier molecular flexibility index (Phi) is 12.4. The molecule has 0 aromatic heterocycles. The highest BCUT2D eigenvalue weighted by molar-refractivity contribution is 5.31. The second-order valence-electron chi connectivity index (χ2n) is 9.52. The van der Waals surface area contributed by atoms with Crippen molar-refractivity contribution in [1.82, 2.24) is 0 Å². The molecule has 0 saturated heterocycles. The van der Waals surface area contributed by atoms with Crippen LogP contribution in [0.2, 0.25) is 0 Å². The lowest BCUT2D eigenvalue weighted by atomic mass is 9.72. The lowest BCUT2D eigenvalue weighted by Crippen LogP contribution is -2.24. The molecule has 5 heteroatoms. The quantitative estimate of drug-likeness (QED) is 0.344. The monoisotopic (exact) mass is 454 g/mol. The number of aryl methyl sites for hydroxylation is 1. The Morgan fingerprint density at radius 3 is 1.33 bits per heavy atom. The van der Waals surface area contributed by atoms with Crippen molar-refractivity contribution in [3.63, 3.8) is 0 Å². The molecule has 0 fully saturated rings. The van der Waals surface area contributed by atoms with Crippen molar-refractivity contribution in [2.45, 2.75) is 53.4 Å². The molecular weight excluding hydrogens is 416 g/mol. The lowest BCUT2D eigenvalue weighted by molar-refractivity contribution is -0.0980. The van der Waals surface area contributed by atoms with Gasteiger partial charge in [0.05, 0.1) is 0 Å². The molecule has 0 aliphatic carbocycles. The van der Waals surface area contributed by atoms with E-state index in [1.807, 2.05) is 38.0 Å². The fraction of sp³-hybridized carbons (Fsp3) is 0.321. The van der Waals surface area contributed by atoms with Gasteiger partial charge in [-0.15, -0.1) is 0 Å². The number of phenolic OH excluding ortho intramolecular Hbond substituents is 4. The Morgan fingerprint density at radius 2 is 1.03 bits per heavy atom. The molecule has 3 aromatic rings. The first-order chi connectivity index (χ1) is 15.3. The lowest BCUT2D eigenvalue weighted by Gasteiger charge is -2.33. The molecule has 0 aliphatic rings. The average Bonchev–Trinajstić information content (AvgIpc) is 2.71. The van der Waals surface area contributed by atoms with Gasteiger partial charge in [0.2, 0.25) is 0 Å². The molecule has 0 saturated carbocycles. The van der Waals surface area contributed by atoms with E-state index < -0.39 is 0 Å². The number of carbonyl (C=O) groups excluding carboxylic acids is 1. The number of rotatable bonds is 2. The van der Waals surface area contributed by atoms with E-state index in [2.05, 4.69) is 34.6 Å². The molecule has 0 atom stereocenters. The molecule has 180 valence electrons. The van der Waals surface area contributed by atoms with E-state index in [0.29, 0.717) is 16.9 Å². The van der Waals surface area contributed by atoms with Gasteiger partial charge in [-0.25, -0.2) is 0 Å². The van der Waals surface area contributed by atoms with Crippen molar-refractivity contribution in [2.24, 2.45) is 5.41 Å². The predicted octanol–water partition coefficient (Wildman–Crippen LogP) is 6.72. The maximum absolute atomic E-state index is 9.25. The Morgan fingerprint density at radius 1 is 0.636 bits per heavy atom. The summed E-state index contributed by atoms with van der Waals surface area (Å²) in [5, 5.41) is 35.3. The third-order valence-electron chi connectivity index (χ3n) is 4.48. The zero-order chi connectivity index (χ0) is 25.7. The van der Waals surface area contributed by atoms with Gasteiger partial charge in [0, 0.05) is 6.07 Å². The van der Waals surface area contributed by atoms with Gasteiger partial charge < -0.3 is 25.2 Å². The Labute approximate surface area is 198 Å². The van der Waals surface area contributed by atoms with Gasteiger partial charge >= 0.3 is 0 Å². The fourth-order valence-electron chi connectivity index (χ4n) is 3.38. The minimum Gasteiger partial charge on any atom is -0.508 e. The molecule has 5 nitrogen and oxygen atoms in total. The standard InChI is InChI=1S/C14H22O.C7H8O.C6H6O2.CH2O/c1-13(2,3)10-14(4,5)11-6-8-12(15)9-7-11;1-6-2-4-7(8)5-3-6;7-5-2-1-3-6(8)4-5;1-2/h6-9,15H,10H2,1-5H3;2-5,8H,1H3;1-4,7-8H;1H2. The predicted molar refractivity (Wildman–Crippen MR) is 135 cm³/mol. The maximum Gasteiger partial charge on any atom is 0.119 e. The van der Waals surface area contributed by atoms with Crippen molar-refractivity contribution < 1.29 is 25.2 Å². The maximum atomic E-state index is 9.25. The third-order valence-corrected chi connectivity index (χ3v) is 4.48. The minimum atomic E-state index is 0.0880. The normalized spacial score (nSPS) is 10.4. The number of carbonyl (C=O) groups is 1. The molecule has 3 rings (SSSR count). The van der Waals surface area contributed by atoms with E-state index >= 15 is 0 Å². The summed E-state index contributed by atoms with van der Waals surface area (Å²) in [6.07, 6.45) is 1.13. The van der Waals surface area contributed by atoms with Crippen molar-refractivity contribution >= 4 is 6.79 Å². The highest BCUT2D eigenvalue weighted by Gasteiger charge is 2.26. The van der Waals surface area contributed by atoms with Crippen LogP contribution < -0.4 is 0 Å². The molecule has 0 aliphatic heterocycles. The summed E-state index contributed by atoms with van der Waals surface area (Å²) in [5.41, 5.74) is 2.94. The first kappa shape index (κ1) is 29.5. The van der Waals surface area contributed by atoms with Crippen molar-refractivity contribution in [3.8, 4) is 23.0 Å². The zero-order valence-electron chi connectivity index (χ0n) is 20.5. The van der Waals surface area contributed by atoms with E-state index in [1.54, 1.807) is 30.3 Å². The first-order valence-electron chi connectivity index (χ1n) is 10.6. The molecule has 0 radical (unpaired) electrons. The molecule has 33 heavy (non-hydrogen) atoms. The summed E-state index contributed by atoms with van der Waals surface area (Å²) < 4.78 is 0. The van der Waals surface area contributed by atoms with E-state index in [4.69, 9.17) is 20.1 Å². The Balaban J connectivity index is 0.000000482. The smallest absolute Gasteiger partial charge is 0.119 e. The summed E-state index contributed by atoms with van der Waals surface area (Å²) in [7, 11) is 0. The number of benzene rings is 3. The highest BCUT2D eigenvalue weighted by Crippen LogP contribution is 2.36. The van der Waals surface area contributed by atoms with Gasteiger partial charge in [-0.3, -0.25) is 0 Å². The van der Waals surface area contributed by atoms with Crippen LogP contribution in [0.3, 0.4) is 0 Å². The highest BCUT2D eigenvalue weighted by atomic mass is 16.3. The van der Waals surface area contributed by atoms with Crippen LogP contribution in [-0.2, 0) is 10.2 Å². The van der Waals surface area contributed by atoms with E-state index in [0.717, 1.165) is 6.42 Å². The molecule has 3 aromatic carbocycles. The van der Waals surface area contributed by atoms with Gasteiger partial charge in [0.15, 0.2) is 0 Å². The average molecular weight is 455 g/mol. The van der Waals surface area contributed by atoms with Gasteiger partial charge in [-0.2, -0.15) is 0 Å². The molecule has 0 spiro atoms. The van der Waals surface area contributed by atoms with Crippen LogP contribution in [0.1, 0.15) is 52.2 Å². The van der Waals surface area contributed by atoms with Crippen LogP contribution in [0.15, 0.2) is 72.8 Å². The number of aromatic hydroxyl groups is 4. The molecule has 0 bridgehead atoms. The minimum absolute atomic E-state index is 0.0880. The summed E-state index contributed by atoms with van der Waals surface area (Å²) >= 11 is 0. The van der Waals surface area contributed by atoms with Crippen LogP contribution in [0, 0.1) is 12.3 Å². The summed E-state index contributed by atoms with van der Waals surface area (Å²) in [6.45, 7) is 15.3. The Bertz CT molecular complexity index is 886. The molecule has 0 heterocycles. The molecule has 0 amide bonds. The van der Waals surface area contributed by atoms with E-state index in [-0.39, 0.29) is 16.9 Å². The van der Waals surface area contributed by atoms with Crippen LogP contribution >= 0.6 is 0 Å². The number of phenols is 4. The van der Waals surface area contributed by atoms with Gasteiger partial charge in [0.1, 0.15) is 29.8 Å². The second-order valence-corrected chi connectivity index (χ2v) is 9.52. The Hall–Kier alpha value is -3.47. The van der Waals surface area contributed by atoms with E-state index in [1.165, 1.54) is 29.3 Å². The largest absolute Gasteiger partial charge is 0.508 e. The van der Waals surface area contributed by atoms with Gasteiger partial charge in [-0.05, 0) is 66.1 Å². The summed E-state index contributed by atoms with van der Waals surface area (Å²) in [5.74, 6) is 0.843. The van der Waals surface area contributed by atoms with Crippen molar-refractivity contribution in [1.29, 1.82) is 0 Å². The topological polar surface area (TPSA) is 98.0 Å². The van der Waals surface area contributed by atoms with Crippen molar-refractivity contribution in [3.05, 3.63) is 83.9 Å². The van der Waals surface area contributed by atoms with Gasteiger partial charge in [0.25, 0.3) is 0 Å². The molecular formula is C28H38O5. The number of hydrogen-bond acceptors (Lipinski definition) is 5. The molecule has 4 N–H and O–H groups in total. The van der Waals surface area contributed by atoms with Crippen LogP contribution in [0.4, 0.5) is 0 Å². The summed E-state index contributed by atoms with van der Waals surface area (Å²) in [6, 6.07) is 20.5. The van der Waals surface area contributed by atoms with Crippen molar-refractivity contribution in [2.75, 3.05) is 0 Å². The fourth-order valence-corrected chi connectivity index (χ4v) is 3.38. The van der Waals surface area contributed by atoms with Crippen LogP contribution in [0.5, 0.6) is 23.0 Å². The van der Waals surface area contributed by atoms with E-state index in [9.17, 15) is 5.11 Å². The first-order valence-corrected chi connectivity index (χ1v) is 10.6. The second kappa shape index (κ2) is 13.8. The van der Waals surface area contributed by atoms with Gasteiger partial charge in [-0.1, -0.05) is 70.5 Å². The SMILES string of the molecule is C=O.CC(C)(C)CC(C)(C)c1ccc(O)cc1.Cc1ccc(O)cc1.Oc1cccc(O)c1.